The molecule has 0 aromatic heterocycles. The third-order valence-electron chi connectivity index (χ3n) is 3.94. The molecule has 2 aliphatic heterocycles. The van der Waals surface area contributed by atoms with Crippen LogP contribution in [0.4, 0.5) is 5.69 Å². The van der Waals surface area contributed by atoms with Crippen molar-refractivity contribution >= 4 is 27.6 Å². The van der Waals surface area contributed by atoms with E-state index in [0.29, 0.717) is 5.69 Å². The SMILES string of the molecule is NS(=O)(=O)c1ccc(NC(=O)[C@H]2[C@@H](C(=O)O)[C@H]3C=C[C@@H]2O3)cc1. The van der Waals surface area contributed by atoms with Crippen molar-refractivity contribution in [3.8, 4) is 0 Å². The Hall–Kier alpha value is -2.23. The van der Waals surface area contributed by atoms with Gasteiger partial charge in [-0.25, -0.2) is 13.6 Å². The number of sulfonamides is 1. The number of carboxylic acids is 1. The molecule has 0 aliphatic carbocycles. The summed E-state index contributed by atoms with van der Waals surface area (Å²) in [7, 11) is -3.81. The number of benzene rings is 1. The second-order valence-electron chi connectivity index (χ2n) is 5.40. The summed E-state index contributed by atoms with van der Waals surface area (Å²) < 4.78 is 27.8. The summed E-state index contributed by atoms with van der Waals surface area (Å²) in [4.78, 5) is 23.6. The maximum absolute atomic E-state index is 12.4. The van der Waals surface area contributed by atoms with Crippen LogP contribution in [0.1, 0.15) is 0 Å². The molecule has 0 saturated carbocycles. The molecular weight excluding hydrogens is 324 g/mol. The largest absolute Gasteiger partial charge is 0.481 e. The first kappa shape index (κ1) is 15.7. The van der Waals surface area contributed by atoms with Gasteiger partial charge in [-0.2, -0.15) is 0 Å². The van der Waals surface area contributed by atoms with Gasteiger partial charge in [-0.3, -0.25) is 9.59 Å². The number of rotatable bonds is 4. The zero-order valence-corrected chi connectivity index (χ0v) is 12.6. The molecule has 8 nitrogen and oxygen atoms in total. The smallest absolute Gasteiger partial charge is 0.310 e. The molecule has 4 atom stereocenters. The number of hydrogen-bond acceptors (Lipinski definition) is 5. The number of carboxylic acid groups (broad SMARTS) is 1. The number of anilines is 1. The van der Waals surface area contributed by atoms with E-state index in [1.807, 2.05) is 0 Å². The van der Waals surface area contributed by atoms with Crippen LogP contribution in [0.2, 0.25) is 0 Å². The maximum Gasteiger partial charge on any atom is 0.310 e. The van der Waals surface area contributed by atoms with Crippen LogP contribution < -0.4 is 10.5 Å². The van der Waals surface area contributed by atoms with Crippen LogP contribution in [0.25, 0.3) is 0 Å². The van der Waals surface area contributed by atoms with Gasteiger partial charge in [0.15, 0.2) is 0 Å². The lowest BCUT2D eigenvalue weighted by molar-refractivity contribution is -0.145. The van der Waals surface area contributed by atoms with Crippen molar-refractivity contribution in [2.45, 2.75) is 17.1 Å². The average Bonchev–Trinajstić information content (AvgIpc) is 3.07. The van der Waals surface area contributed by atoms with Crippen LogP contribution in [0, 0.1) is 11.8 Å². The van der Waals surface area contributed by atoms with Crippen LogP contribution in [0.5, 0.6) is 0 Å². The Balaban J connectivity index is 1.77. The molecule has 1 aromatic rings. The monoisotopic (exact) mass is 338 g/mol. The number of amides is 1. The van der Waals surface area contributed by atoms with E-state index in [4.69, 9.17) is 9.88 Å². The Morgan fingerprint density at radius 3 is 2.17 bits per heavy atom. The fraction of sp³-hybridized carbons (Fsp3) is 0.286. The van der Waals surface area contributed by atoms with Crippen LogP contribution in [-0.4, -0.2) is 37.6 Å². The molecule has 2 aliphatic rings. The number of nitrogens with one attached hydrogen (secondary N) is 1. The lowest BCUT2D eigenvalue weighted by Gasteiger charge is -2.21. The summed E-state index contributed by atoms with van der Waals surface area (Å²) >= 11 is 0. The molecule has 23 heavy (non-hydrogen) atoms. The quantitative estimate of drug-likeness (QED) is 0.657. The molecule has 0 unspecified atom stereocenters. The highest BCUT2D eigenvalue weighted by Crippen LogP contribution is 2.39. The Kier molecular flexibility index (Phi) is 3.71. The van der Waals surface area contributed by atoms with Gasteiger partial charge >= 0.3 is 5.97 Å². The third-order valence-corrected chi connectivity index (χ3v) is 4.87. The molecule has 1 saturated heterocycles. The number of carbonyl (C=O) groups is 2. The molecule has 122 valence electrons. The molecule has 3 rings (SSSR count). The Morgan fingerprint density at radius 1 is 1.09 bits per heavy atom. The normalized spacial score (nSPS) is 28.7. The van der Waals surface area contributed by atoms with Crippen LogP contribution >= 0.6 is 0 Å². The molecule has 1 aromatic carbocycles. The topological polar surface area (TPSA) is 136 Å². The van der Waals surface area contributed by atoms with E-state index in [1.165, 1.54) is 24.3 Å². The van der Waals surface area contributed by atoms with Gasteiger partial charge in [0.2, 0.25) is 15.9 Å². The van der Waals surface area contributed by atoms with E-state index in [-0.39, 0.29) is 4.90 Å². The summed E-state index contributed by atoms with van der Waals surface area (Å²) in [6.07, 6.45) is 2.16. The summed E-state index contributed by atoms with van der Waals surface area (Å²) in [6, 6.07) is 5.29. The second-order valence-corrected chi connectivity index (χ2v) is 6.96. The fourth-order valence-electron chi connectivity index (χ4n) is 2.87. The molecule has 1 amide bonds. The Bertz CT molecular complexity index is 786. The van der Waals surface area contributed by atoms with Gasteiger partial charge < -0.3 is 15.2 Å². The van der Waals surface area contributed by atoms with E-state index >= 15 is 0 Å². The van der Waals surface area contributed by atoms with Gasteiger partial charge in [-0.05, 0) is 24.3 Å². The minimum atomic E-state index is -3.81. The summed E-state index contributed by atoms with van der Waals surface area (Å²) in [5, 5.41) is 16.8. The van der Waals surface area contributed by atoms with E-state index < -0.39 is 45.9 Å². The molecule has 0 radical (unpaired) electrons. The standard InChI is InChI=1S/C14H14N2O6S/c15-23(20,21)8-3-1-7(2-4-8)16-13(17)11-9-5-6-10(22-9)12(11)14(18)19/h1-6,9-12H,(H,16,17)(H,18,19)(H2,15,20,21)/t9-,10+,11+,12-/m0/s1. The second kappa shape index (κ2) is 5.44. The first-order valence-electron chi connectivity index (χ1n) is 6.78. The number of carbonyl (C=O) groups excluding carboxylic acids is 1. The first-order chi connectivity index (χ1) is 10.8. The molecular formula is C14H14N2O6S. The molecule has 2 heterocycles. The Labute approximate surface area is 132 Å². The van der Waals surface area contributed by atoms with Crippen molar-refractivity contribution in [3.05, 3.63) is 36.4 Å². The summed E-state index contributed by atoms with van der Waals surface area (Å²) in [5.74, 6) is -3.35. The van der Waals surface area contributed by atoms with Crippen molar-refractivity contribution in [3.63, 3.8) is 0 Å². The highest BCUT2D eigenvalue weighted by Gasteiger charge is 2.53. The van der Waals surface area contributed by atoms with Gasteiger partial charge in [0, 0.05) is 5.69 Å². The van der Waals surface area contributed by atoms with Crippen molar-refractivity contribution in [1.82, 2.24) is 0 Å². The Morgan fingerprint density at radius 2 is 1.65 bits per heavy atom. The van der Waals surface area contributed by atoms with Crippen molar-refractivity contribution < 1.29 is 27.9 Å². The van der Waals surface area contributed by atoms with E-state index in [0.717, 1.165) is 0 Å². The predicted octanol–water partition coefficient (Wildman–Crippen LogP) is -0.0733. The predicted molar refractivity (Wildman–Crippen MR) is 78.9 cm³/mol. The van der Waals surface area contributed by atoms with Crippen molar-refractivity contribution in [1.29, 1.82) is 0 Å². The zero-order chi connectivity index (χ0) is 16.8. The molecule has 2 bridgehead atoms. The van der Waals surface area contributed by atoms with Gasteiger partial charge in [0.05, 0.1) is 23.0 Å². The maximum atomic E-state index is 12.4. The number of aliphatic carboxylic acids is 1. The number of ether oxygens (including phenoxy) is 1. The molecule has 1 fully saturated rings. The lowest BCUT2D eigenvalue weighted by atomic mass is 9.82. The van der Waals surface area contributed by atoms with Gasteiger partial charge in [0.25, 0.3) is 0 Å². The number of fused-ring (bicyclic) bond motifs is 2. The minimum absolute atomic E-state index is 0.0786. The minimum Gasteiger partial charge on any atom is -0.481 e. The third kappa shape index (κ3) is 2.85. The first-order valence-corrected chi connectivity index (χ1v) is 8.32. The van der Waals surface area contributed by atoms with E-state index in [2.05, 4.69) is 5.32 Å². The van der Waals surface area contributed by atoms with Crippen molar-refractivity contribution in [2.75, 3.05) is 5.32 Å². The average molecular weight is 338 g/mol. The van der Waals surface area contributed by atoms with E-state index in [1.54, 1.807) is 12.2 Å². The van der Waals surface area contributed by atoms with Gasteiger partial charge in [-0.1, -0.05) is 12.2 Å². The zero-order valence-electron chi connectivity index (χ0n) is 11.7. The molecule has 9 heteroatoms. The van der Waals surface area contributed by atoms with E-state index in [9.17, 15) is 23.1 Å². The van der Waals surface area contributed by atoms with Crippen LogP contribution in [-0.2, 0) is 24.3 Å². The summed E-state index contributed by atoms with van der Waals surface area (Å²) in [6.45, 7) is 0. The van der Waals surface area contributed by atoms with Gasteiger partial charge in [0.1, 0.15) is 5.92 Å². The highest BCUT2D eigenvalue weighted by molar-refractivity contribution is 7.89. The fourth-order valence-corrected chi connectivity index (χ4v) is 3.38. The number of primary sulfonamides is 1. The van der Waals surface area contributed by atoms with Crippen LogP contribution in [0.15, 0.2) is 41.3 Å². The molecule has 4 N–H and O–H groups in total. The summed E-state index contributed by atoms with van der Waals surface area (Å²) in [5.41, 5.74) is 0.346. The van der Waals surface area contributed by atoms with Crippen LogP contribution in [0.3, 0.4) is 0 Å². The van der Waals surface area contributed by atoms with Gasteiger partial charge in [-0.15, -0.1) is 0 Å². The highest BCUT2D eigenvalue weighted by atomic mass is 32.2. The lowest BCUT2D eigenvalue weighted by Crippen LogP contribution is -2.39. The number of hydrogen-bond donors (Lipinski definition) is 3. The number of nitrogens with two attached hydrogens (primary N) is 1. The molecule has 0 spiro atoms. The van der Waals surface area contributed by atoms with Crippen molar-refractivity contribution in [2.24, 2.45) is 17.0 Å².